The number of thiocarbonyl (C=S) groups is 1. The minimum absolute atomic E-state index is 0.0231. The van der Waals surface area contributed by atoms with Gasteiger partial charge < -0.3 is 18.9 Å². The minimum Gasteiger partial charge on any atom is -0.460 e. The number of benzene rings is 2. The summed E-state index contributed by atoms with van der Waals surface area (Å²) in [5, 5.41) is -0.0231. The van der Waals surface area contributed by atoms with Gasteiger partial charge in [-0.05, 0) is 68.7 Å². The first-order valence-corrected chi connectivity index (χ1v) is 11.7. The summed E-state index contributed by atoms with van der Waals surface area (Å²) in [4.78, 5) is 13.2. The van der Waals surface area contributed by atoms with Crippen LogP contribution in [0.15, 0.2) is 48.2 Å². The van der Waals surface area contributed by atoms with Gasteiger partial charge in [-0.2, -0.15) is 0 Å². The van der Waals surface area contributed by atoms with Crippen molar-refractivity contribution in [1.82, 2.24) is 0 Å². The molecule has 33 heavy (non-hydrogen) atoms. The van der Waals surface area contributed by atoms with Crippen LogP contribution in [-0.2, 0) is 30.3 Å². The van der Waals surface area contributed by atoms with Crippen LogP contribution in [0.3, 0.4) is 0 Å². The number of ether oxygens (including phenoxy) is 4. The lowest BCUT2D eigenvalue weighted by Gasteiger charge is -2.36. The molecule has 0 amide bonds. The van der Waals surface area contributed by atoms with Crippen LogP contribution in [0.25, 0.3) is 5.57 Å². The smallest absolute Gasteiger partial charge is 0.357 e. The monoisotopic (exact) mass is 466 g/mol. The fraction of sp³-hybridized carbons (Fsp3) is 0.407. The lowest BCUT2D eigenvalue weighted by Crippen LogP contribution is -2.40. The first-order valence-electron chi connectivity index (χ1n) is 11.3. The molecule has 6 heteroatoms. The second-order valence-corrected chi connectivity index (χ2v) is 9.25. The number of esters is 1. The normalized spacial score (nSPS) is 22.4. The van der Waals surface area contributed by atoms with Gasteiger partial charge in [-0.1, -0.05) is 48.0 Å². The first kappa shape index (κ1) is 23.5. The number of aryl methyl sites for hydroxylation is 3. The van der Waals surface area contributed by atoms with Crippen molar-refractivity contribution in [3.63, 3.8) is 0 Å². The van der Waals surface area contributed by atoms with E-state index in [4.69, 9.17) is 31.2 Å². The molecular weight excluding hydrogens is 436 g/mol. The lowest BCUT2D eigenvalue weighted by atomic mass is 9.80. The molecule has 2 aromatic carbocycles. The maximum atomic E-state index is 13.2. The van der Waals surface area contributed by atoms with Crippen LogP contribution < -0.4 is 0 Å². The van der Waals surface area contributed by atoms with E-state index in [0.717, 1.165) is 40.7 Å². The molecule has 0 atom stereocenters. The molecule has 5 nitrogen and oxygen atoms in total. The van der Waals surface area contributed by atoms with Crippen molar-refractivity contribution in [2.75, 3.05) is 7.11 Å². The van der Waals surface area contributed by atoms with Gasteiger partial charge in [-0.25, -0.2) is 4.79 Å². The molecule has 1 saturated carbocycles. The van der Waals surface area contributed by atoms with Crippen LogP contribution in [0.5, 0.6) is 0 Å². The van der Waals surface area contributed by atoms with E-state index < -0.39 is 5.60 Å². The maximum absolute atomic E-state index is 13.2. The van der Waals surface area contributed by atoms with Crippen LogP contribution in [0.1, 0.15) is 53.5 Å². The van der Waals surface area contributed by atoms with Crippen molar-refractivity contribution < 1.29 is 23.7 Å². The largest absolute Gasteiger partial charge is 0.460 e. The summed E-state index contributed by atoms with van der Waals surface area (Å²) in [6.45, 7) is 6.61. The Morgan fingerprint density at radius 3 is 2.33 bits per heavy atom. The predicted molar refractivity (Wildman–Crippen MR) is 131 cm³/mol. The van der Waals surface area contributed by atoms with E-state index in [0.29, 0.717) is 30.8 Å². The van der Waals surface area contributed by atoms with Gasteiger partial charge in [0.15, 0.2) is 11.4 Å². The fourth-order valence-electron chi connectivity index (χ4n) is 5.00. The maximum Gasteiger partial charge on any atom is 0.357 e. The molecule has 0 saturated heterocycles. The van der Waals surface area contributed by atoms with Gasteiger partial charge in [0, 0.05) is 12.2 Å². The summed E-state index contributed by atoms with van der Waals surface area (Å²) >= 11 is 5.22. The quantitative estimate of drug-likeness (QED) is 0.415. The predicted octanol–water partition coefficient (Wildman–Crippen LogP) is 5.73. The third-order valence-electron chi connectivity index (χ3n) is 6.48. The fourth-order valence-corrected chi connectivity index (χ4v) is 5.08. The van der Waals surface area contributed by atoms with E-state index in [2.05, 4.69) is 24.3 Å². The zero-order valence-electron chi connectivity index (χ0n) is 19.6. The van der Waals surface area contributed by atoms with Gasteiger partial charge in [0.1, 0.15) is 5.57 Å². The minimum atomic E-state index is -0.856. The summed E-state index contributed by atoms with van der Waals surface area (Å²) in [6.07, 6.45) is 2.82. The van der Waals surface area contributed by atoms with E-state index in [1.165, 1.54) is 7.11 Å². The average Bonchev–Trinajstić information content (AvgIpc) is 3.04. The highest BCUT2D eigenvalue weighted by molar-refractivity contribution is 7.79. The Balaban J connectivity index is 1.62. The molecule has 1 spiro atoms. The molecular formula is C27H30O5S. The number of hydrogen-bond acceptors (Lipinski definition) is 6. The topological polar surface area (TPSA) is 54.0 Å². The molecule has 1 aliphatic carbocycles. The summed E-state index contributed by atoms with van der Waals surface area (Å²) in [6, 6.07) is 14.3. The number of rotatable bonds is 5. The molecule has 0 unspecified atom stereocenters. The number of hydrogen-bond donors (Lipinski definition) is 0. The van der Waals surface area contributed by atoms with Gasteiger partial charge in [0.2, 0.25) is 0 Å². The summed E-state index contributed by atoms with van der Waals surface area (Å²) in [5.74, 6) is 0.0959. The van der Waals surface area contributed by atoms with E-state index in [1.807, 2.05) is 39.0 Å². The summed E-state index contributed by atoms with van der Waals surface area (Å²) in [5.41, 5.74) is 4.73. The van der Waals surface area contributed by atoms with Crippen molar-refractivity contribution in [3.8, 4) is 0 Å². The third-order valence-corrected chi connectivity index (χ3v) is 6.73. The average molecular weight is 467 g/mol. The Labute approximate surface area is 200 Å². The Bertz CT molecular complexity index is 1060. The lowest BCUT2D eigenvalue weighted by molar-refractivity contribution is -0.152. The van der Waals surface area contributed by atoms with E-state index >= 15 is 0 Å². The van der Waals surface area contributed by atoms with Gasteiger partial charge in [-0.15, -0.1) is 0 Å². The second kappa shape index (κ2) is 9.65. The molecule has 4 rings (SSSR count). The highest BCUT2D eigenvalue weighted by Gasteiger charge is 2.52. The van der Waals surface area contributed by atoms with Gasteiger partial charge >= 0.3 is 11.2 Å². The molecule has 174 valence electrons. The van der Waals surface area contributed by atoms with Crippen LogP contribution in [0.4, 0.5) is 0 Å². The Hall–Kier alpha value is -2.70. The van der Waals surface area contributed by atoms with E-state index in [-0.39, 0.29) is 17.3 Å². The van der Waals surface area contributed by atoms with Crippen LogP contribution in [0, 0.1) is 20.8 Å². The van der Waals surface area contributed by atoms with Gasteiger partial charge in [0.05, 0.1) is 19.8 Å². The highest BCUT2D eigenvalue weighted by atomic mass is 32.1. The first-order chi connectivity index (χ1) is 15.8. The number of carbonyl (C=O) groups excluding carboxylic acids is 1. The van der Waals surface area contributed by atoms with Crippen molar-refractivity contribution in [2.24, 2.45) is 0 Å². The Morgan fingerprint density at radius 1 is 1.09 bits per heavy atom. The molecule has 1 aliphatic heterocycles. The zero-order valence-corrected chi connectivity index (χ0v) is 20.4. The Morgan fingerprint density at radius 2 is 1.73 bits per heavy atom. The third kappa shape index (κ3) is 4.82. The highest BCUT2D eigenvalue weighted by Crippen LogP contribution is 2.48. The number of methoxy groups -OCH3 is 1. The van der Waals surface area contributed by atoms with Crippen molar-refractivity contribution in [3.05, 3.63) is 76.0 Å². The molecule has 1 fully saturated rings. The van der Waals surface area contributed by atoms with Gasteiger partial charge in [0.25, 0.3) is 0 Å². The molecule has 0 bridgehead atoms. The van der Waals surface area contributed by atoms with Crippen LogP contribution >= 0.6 is 12.2 Å². The van der Waals surface area contributed by atoms with E-state index in [1.54, 1.807) is 0 Å². The summed E-state index contributed by atoms with van der Waals surface area (Å²) in [7, 11) is 1.46. The van der Waals surface area contributed by atoms with Crippen molar-refractivity contribution in [2.45, 2.75) is 64.8 Å². The summed E-state index contributed by atoms with van der Waals surface area (Å²) < 4.78 is 23.3. The second-order valence-electron chi connectivity index (χ2n) is 8.91. The molecule has 0 N–H and O–H groups in total. The Kier molecular flexibility index (Phi) is 6.86. The van der Waals surface area contributed by atoms with Gasteiger partial charge in [-0.3, -0.25) is 0 Å². The standard InChI is InChI=1S/C27H30O5S/c1-17-14-18(2)22(19(3)15-17)23-24(31-26(33)29-4)27(32-25(23)28)12-10-21(11-13-27)30-16-20-8-6-5-7-9-20/h5-9,14-15,21H,10-13,16H2,1-4H3. The zero-order chi connectivity index (χ0) is 23.6. The molecule has 0 radical (unpaired) electrons. The number of carbonyl (C=O) groups is 1. The van der Waals surface area contributed by atoms with Crippen LogP contribution in [-0.4, -0.2) is 30.0 Å². The SMILES string of the molecule is COC(=S)OC1=C(c2c(C)cc(C)cc2C)C(=O)OC12CCC(OCc1ccccc1)CC2. The van der Waals surface area contributed by atoms with Crippen molar-refractivity contribution >= 4 is 29.0 Å². The van der Waals surface area contributed by atoms with E-state index in [9.17, 15) is 4.79 Å². The van der Waals surface area contributed by atoms with Crippen LogP contribution in [0.2, 0.25) is 0 Å². The van der Waals surface area contributed by atoms with Crippen molar-refractivity contribution in [1.29, 1.82) is 0 Å². The molecule has 2 aliphatic rings. The molecule has 0 aromatic heterocycles. The molecule has 2 aromatic rings. The molecule has 1 heterocycles.